The van der Waals surface area contributed by atoms with Gasteiger partial charge in [0.25, 0.3) is 5.56 Å². The molecule has 0 saturated heterocycles. The predicted molar refractivity (Wildman–Crippen MR) is 110 cm³/mol. The average molecular weight is 370 g/mol. The molecule has 0 aliphatic heterocycles. The first-order valence-electron chi connectivity index (χ1n) is 8.89. The van der Waals surface area contributed by atoms with Crippen LogP contribution in [0.1, 0.15) is 25.3 Å². The Kier molecular flexibility index (Phi) is 6.76. The van der Waals surface area contributed by atoms with Crippen LogP contribution in [0.5, 0.6) is 5.88 Å². The van der Waals surface area contributed by atoms with Crippen molar-refractivity contribution < 1.29 is 5.11 Å². The van der Waals surface area contributed by atoms with Crippen LogP contribution in [0.3, 0.4) is 0 Å². The fourth-order valence-electron chi connectivity index (χ4n) is 2.61. The topological polar surface area (TPSA) is 79.8 Å². The zero-order valence-electron chi connectivity index (χ0n) is 16.1. The van der Waals surface area contributed by atoms with Crippen LogP contribution >= 0.6 is 0 Å². The minimum atomic E-state index is -0.584. The molecule has 0 atom stereocenters. The van der Waals surface area contributed by atoms with Crippen molar-refractivity contribution in [1.29, 1.82) is 0 Å². The summed E-state index contributed by atoms with van der Waals surface area (Å²) in [5.74, 6) is -0.354. The minimum absolute atomic E-state index is 0.00996. The van der Waals surface area contributed by atoms with E-state index in [1.165, 1.54) is 16.9 Å². The van der Waals surface area contributed by atoms with E-state index in [-0.39, 0.29) is 18.0 Å². The number of aliphatic imine (C=N–C) groups is 1. The second-order valence-corrected chi connectivity index (χ2v) is 6.40. The van der Waals surface area contributed by atoms with Crippen LogP contribution in [-0.2, 0) is 13.1 Å². The Bertz CT molecular complexity index is 937. The fraction of sp³-hybridized carbons (Fsp3) is 0.350. The molecule has 0 fully saturated rings. The first kappa shape index (κ1) is 20.2. The second kappa shape index (κ2) is 9.02. The number of unbranched alkanes of at least 4 members (excludes halogenated alkanes) is 1. The molecule has 7 heteroatoms. The highest BCUT2D eigenvalue weighted by Gasteiger charge is 2.16. The highest BCUT2D eigenvalue weighted by Crippen LogP contribution is 2.18. The summed E-state index contributed by atoms with van der Waals surface area (Å²) in [4.78, 5) is 31.4. The molecular weight excluding hydrogens is 344 g/mol. The molecule has 1 aromatic heterocycles. The number of aromatic hydroxyl groups is 1. The lowest BCUT2D eigenvalue weighted by Gasteiger charge is -2.13. The molecule has 1 N–H and O–H groups in total. The molecule has 0 unspecified atom stereocenters. The van der Waals surface area contributed by atoms with E-state index in [4.69, 9.17) is 0 Å². The summed E-state index contributed by atoms with van der Waals surface area (Å²) in [6, 6.07) is 7.45. The van der Waals surface area contributed by atoms with Crippen LogP contribution in [0, 0.1) is 0 Å². The summed E-state index contributed by atoms with van der Waals surface area (Å²) in [5.41, 5.74) is 0.528. The summed E-state index contributed by atoms with van der Waals surface area (Å²) in [6.07, 6.45) is 4.35. The number of anilines is 1. The van der Waals surface area contributed by atoms with Gasteiger partial charge < -0.3 is 10.0 Å². The van der Waals surface area contributed by atoms with Crippen LogP contribution in [0.15, 0.2) is 51.5 Å². The molecule has 0 bridgehead atoms. The number of rotatable bonds is 8. The van der Waals surface area contributed by atoms with Crippen molar-refractivity contribution in [1.82, 2.24) is 9.13 Å². The Balaban J connectivity index is 2.51. The maximum Gasteiger partial charge on any atom is 0.334 e. The van der Waals surface area contributed by atoms with Crippen molar-refractivity contribution in [3.8, 4) is 5.88 Å². The molecule has 0 spiro atoms. The number of benzene rings is 1. The Morgan fingerprint density at radius 1 is 1.19 bits per heavy atom. The van der Waals surface area contributed by atoms with Gasteiger partial charge in [-0.3, -0.25) is 18.9 Å². The van der Waals surface area contributed by atoms with E-state index in [2.05, 4.69) is 11.6 Å². The summed E-state index contributed by atoms with van der Waals surface area (Å²) < 4.78 is 2.27. The van der Waals surface area contributed by atoms with Crippen LogP contribution in [0.25, 0.3) is 0 Å². The van der Waals surface area contributed by atoms with Crippen molar-refractivity contribution in [2.24, 2.45) is 4.99 Å². The minimum Gasteiger partial charge on any atom is -0.494 e. The second-order valence-electron chi connectivity index (χ2n) is 6.40. The van der Waals surface area contributed by atoms with E-state index in [1.54, 1.807) is 0 Å². The summed E-state index contributed by atoms with van der Waals surface area (Å²) in [6.45, 7) is 5.98. The molecule has 0 radical (unpaired) electrons. The number of hydrogen-bond acceptors (Lipinski definition) is 5. The molecule has 0 aliphatic rings. The Morgan fingerprint density at radius 3 is 2.41 bits per heavy atom. The molecule has 27 heavy (non-hydrogen) atoms. The number of allylic oxidation sites excluding steroid dienone is 1. The quantitative estimate of drug-likeness (QED) is 0.572. The van der Waals surface area contributed by atoms with Crippen LogP contribution in [-0.4, -0.2) is 34.6 Å². The molecule has 1 aromatic carbocycles. The molecule has 0 saturated carbocycles. The Hall–Kier alpha value is -3.09. The highest BCUT2D eigenvalue weighted by atomic mass is 16.3. The maximum atomic E-state index is 12.6. The van der Waals surface area contributed by atoms with Gasteiger partial charge in [-0.1, -0.05) is 19.4 Å². The molecule has 0 amide bonds. The molecule has 144 valence electrons. The predicted octanol–water partition coefficient (Wildman–Crippen LogP) is 2.52. The zero-order valence-corrected chi connectivity index (χ0v) is 16.1. The van der Waals surface area contributed by atoms with Crippen LogP contribution in [0.4, 0.5) is 11.4 Å². The van der Waals surface area contributed by atoms with Gasteiger partial charge in [0.1, 0.15) is 5.56 Å². The molecule has 7 nitrogen and oxygen atoms in total. The third kappa shape index (κ3) is 4.55. The smallest absolute Gasteiger partial charge is 0.334 e. The Labute approximate surface area is 158 Å². The third-order valence-electron chi connectivity index (χ3n) is 4.19. The van der Waals surface area contributed by atoms with E-state index in [0.29, 0.717) is 18.7 Å². The Morgan fingerprint density at radius 2 is 1.85 bits per heavy atom. The monoisotopic (exact) mass is 370 g/mol. The van der Waals surface area contributed by atoms with Gasteiger partial charge in [0.15, 0.2) is 0 Å². The van der Waals surface area contributed by atoms with Crippen LogP contribution in [0.2, 0.25) is 0 Å². The number of aromatic nitrogens is 2. The summed E-state index contributed by atoms with van der Waals surface area (Å²) >= 11 is 0. The van der Waals surface area contributed by atoms with Gasteiger partial charge in [-0.05, 0) is 30.7 Å². The molecule has 1 heterocycles. The van der Waals surface area contributed by atoms with Crippen LogP contribution < -0.4 is 16.1 Å². The molecule has 0 aliphatic carbocycles. The molecule has 2 rings (SSSR count). The van der Waals surface area contributed by atoms with Gasteiger partial charge in [0, 0.05) is 39.1 Å². The summed E-state index contributed by atoms with van der Waals surface area (Å²) in [5, 5.41) is 10.5. The first-order chi connectivity index (χ1) is 12.9. The summed E-state index contributed by atoms with van der Waals surface area (Å²) in [7, 11) is 3.88. The van der Waals surface area contributed by atoms with Crippen molar-refractivity contribution in [3.05, 3.63) is 63.3 Å². The largest absolute Gasteiger partial charge is 0.494 e. The number of nitrogens with zero attached hydrogens (tertiary/aromatic N) is 4. The lowest BCUT2D eigenvalue weighted by molar-refractivity contribution is 0.385. The van der Waals surface area contributed by atoms with Gasteiger partial charge in [-0.15, -0.1) is 6.58 Å². The maximum absolute atomic E-state index is 12.6. The number of hydrogen-bond donors (Lipinski definition) is 1. The zero-order chi connectivity index (χ0) is 20.0. The van der Waals surface area contributed by atoms with Gasteiger partial charge in [-0.2, -0.15) is 0 Å². The van der Waals surface area contributed by atoms with E-state index < -0.39 is 11.2 Å². The van der Waals surface area contributed by atoms with Gasteiger partial charge in [0.2, 0.25) is 5.88 Å². The van der Waals surface area contributed by atoms with E-state index >= 15 is 0 Å². The standard InChI is InChI=1S/C20H26N4O3/c1-5-7-13-24-19(26)17(18(25)23(12-6-2)20(24)27)14-21-15-8-10-16(11-9-15)22(3)4/h6,8-11,14,26H,2,5,7,12-13H2,1,3-4H3. The van der Waals surface area contributed by atoms with Crippen molar-refractivity contribution >= 4 is 17.6 Å². The van der Waals surface area contributed by atoms with E-state index in [9.17, 15) is 14.7 Å². The fourth-order valence-corrected chi connectivity index (χ4v) is 2.61. The molecular formula is C20H26N4O3. The normalized spacial score (nSPS) is 11.1. The van der Waals surface area contributed by atoms with Gasteiger partial charge >= 0.3 is 5.69 Å². The van der Waals surface area contributed by atoms with Gasteiger partial charge in [0.05, 0.1) is 5.69 Å². The van der Waals surface area contributed by atoms with Crippen molar-refractivity contribution in [2.45, 2.75) is 32.9 Å². The van der Waals surface area contributed by atoms with Gasteiger partial charge in [-0.25, -0.2) is 4.79 Å². The van der Waals surface area contributed by atoms with E-state index in [0.717, 1.165) is 16.7 Å². The molecule has 2 aromatic rings. The lowest BCUT2D eigenvalue weighted by Crippen LogP contribution is -2.41. The SMILES string of the molecule is C=CCn1c(=O)c(C=Nc2ccc(N(C)C)cc2)c(O)n(CCCC)c1=O. The average Bonchev–Trinajstić information content (AvgIpc) is 2.65. The van der Waals surface area contributed by atoms with E-state index in [1.807, 2.05) is 50.2 Å². The van der Waals surface area contributed by atoms with Crippen molar-refractivity contribution in [2.75, 3.05) is 19.0 Å². The highest BCUT2D eigenvalue weighted by molar-refractivity contribution is 5.84. The first-order valence-corrected chi connectivity index (χ1v) is 8.89. The third-order valence-corrected chi connectivity index (χ3v) is 4.19. The van der Waals surface area contributed by atoms with Crippen molar-refractivity contribution in [3.63, 3.8) is 0 Å². The lowest BCUT2D eigenvalue weighted by atomic mass is 10.2.